The van der Waals surface area contributed by atoms with Gasteiger partial charge in [0.05, 0.1) is 11.4 Å². The van der Waals surface area contributed by atoms with Crippen molar-refractivity contribution >= 4 is 22.9 Å². The molecular weight excluding hydrogens is 478 g/mol. The zero-order valence-corrected chi connectivity index (χ0v) is 20.2. The Balaban J connectivity index is 1.19. The average molecular weight is 502 g/mol. The van der Waals surface area contributed by atoms with Crippen LogP contribution < -0.4 is 10.1 Å². The molecule has 36 heavy (non-hydrogen) atoms. The number of benzene rings is 2. The summed E-state index contributed by atoms with van der Waals surface area (Å²) in [7, 11) is 0. The summed E-state index contributed by atoms with van der Waals surface area (Å²) in [5.41, 5.74) is 4.11. The molecule has 1 aliphatic rings. The minimum absolute atomic E-state index is 0.0316. The molecule has 8 nitrogen and oxygen atoms in total. The van der Waals surface area contributed by atoms with Gasteiger partial charge in [-0.2, -0.15) is 0 Å². The lowest BCUT2D eigenvalue weighted by atomic mass is 10.0. The number of aryl methyl sites for hydroxylation is 1. The highest BCUT2D eigenvalue weighted by Crippen LogP contribution is 2.28. The first kappa shape index (κ1) is 23.8. The van der Waals surface area contributed by atoms with E-state index in [0.29, 0.717) is 35.2 Å². The van der Waals surface area contributed by atoms with Crippen LogP contribution >= 0.6 is 11.8 Å². The molecule has 2 unspecified atom stereocenters. The molecule has 1 aliphatic heterocycles. The first-order valence-corrected chi connectivity index (χ1v) is 12.2. The Morgan fingerprint density at radius 2 is 1.75 bits per heavy atom. The summed E-state index contributed by atoms with van der Waals surface area (Å²) in [4.78, 5) is 31.8. The third kappa shape index (κ3) is 5.32. The van der Waals surface area contributed by atoms with Crippen molar-refractivity contribution in [1.82, 2.24) is 15.3 Å². The Bertz CT molecular complexity index is 1370. The fourth-order valence-electron chi connectivity index (χ4n) is 3.87. The highest BCUT2D eigenvalue weighted by molar-refractivity contribution is 8.15. The van der Waals surface area contributed by atoms with Crippen LogP contribution in [0, 0.1) is 6.92 Å². The van der Waals surface area contributed by atoms with Crippen molar-refractivity contribution in [3.8, 4) is 28.3 Å². The molecule has 4 aromatic rings. The molecule has 2 aromatic carbocycles. The molecule has 2 amide bonds. The van der Waals surface area contributed by atoms with Gasteiger partial charge >= 0.3 is 0 Å². The van der Waals surface area contributed by atoms with Gasteiger partial charge in [-0.3, -0.25) is 19.9 Å². The molecule has 0 spiro atoms. The van der Waals surface area contributed by atoms with Crippen LogP contribution in [0.1, 0.15) is 23.3 Å². The number of thioether (sulfide) groups is 1. The van der Waals surface area contributed by atoms with Gasteiger partial charge in [0.15, 0.2) is 0 Å². The second kappa shape index (κ2) is 10.3. The lowest BCUT2D eigenvalue weighted by Crippen LogP contribution is -2.25. The first-order chi connectivity index (χ1) is 17.5. The van der Waals surface area contributed by atoms with E-state index in [1.165, 1.54) is 6.20 Å². The number of aromatic nitrogens is 2. The Labute approximate surface area is 211 Å². The number of amides is 2. The van der Waals surface area contributed by atoms with Crippen molar-refractivity contribution in [2.24, 2.45) is 0 Å². The Hall–Kier alpha value is -3.95. The Kier molecular flexibility index (Phi) is 6.84. The molecule has 2 aromatic heterocycles. The van der Waals surface area contributed by atoms with Gasteiger partial charge in [-0.05, 0) is 42.3 Å². The molecule has 1 saturated heterocycles. The molecule has 2 N–H and O–H groups in total. The predicted octanol–water partition coefficient (Wildman–Crippen LogP) is 4.72. The van der Waals surface area contributed by atoms with Gasteiger partial charge in [-0.1, -0.05) is 54.2 Å². The maximum atomic E-state index is 11.7. The lowest BCUT2D eigenvalue weighted by Gasteiger charge is -2.11. The van der Waals surface area contributed by atoms with Crippen LogP contribution in [-0.2, 0) is 11.2 Å². The molecular formula is C27H23N3O5S. The largest absolute Gasteiger partial charge is 0.489 e. The minimum Gasteiger partial charge on any atom is -0.489 e. The van der Waals surface area contributed by atoms with E-state index in [0.717, 1.165) is 28.5 Å². The summed E-state index contributed by atoms with van der Waals surface area (Å²) in [6.07, 6.45) is 0.880. The Morgan fingerprint density at radius 1 is 1.03 bits per heavy atom. The molecule has 5 rings (SSSR count). The highest BCUT2D eigenvalue weighted by Gasteiger charge is 2.31. The summed E-state index contributed by atoms with van der Waals surface area (Å²) in [5, 5.41) is 12.1. The fraction of sp³-hybridized carbons (Fsp3) is 0.185. The van der Waals surface area contributed by atoms with Gasteiger partial charge in [-0.15, -0.1) is 0 Å². The van der Waals surface area contributed by atoms with Gasteiger partial charge in [0.25, 0.3) is 5.24 Å². The smallest absolute Gasteiger partial charge is 0.286 e. The second-order valence-corrected chi connectivity index (χ2v) is 9.48. The fourth-order valence-corrected chi connectivity index (χ4v) is 4.70. The quantitative estimate of drug-likeness (QED) is 0.357. The molecule has 9 heteroatoms. The number of carbonyl (C=O) groups excluding carboxylic acids is 2. The summed E-state index contributed by atoms with van der Waals surface area (Å²) >= 11 is 0.966. The van der Waals surface area contributed by atoms with E-state index in [2.05, 4.69) is 27.4 Å². The maximum Gasteiger partial charge on any atom is 0.286 e. The molecule has 0 aliphatic carbocycles. The molecule has 0 bridgehead atoms. The average Bonchev–Trinajstić information content (AvgIpc) is 3.44. The van der Waals surface area contributed by atoms with E-state index in [4.69, 9.17) is 9.15 Å². The van der Waals surface area contributed by atoms with E-state index in [9.17, 15) is 14.7 Å². The number of oxazole rings is 1. The van der Waals surface area contributed by atoms with Crippen molar-refractivity contribution in [1.29, 1.82) is 0 Å². The van der Waals surface area contributed by atoms with Gasteiger partial charge < -0.3 is 14.3 Å². The normalized spacial score (nSPS) is 16.1. The summed E-state index contributed by atoms with van der Waals surface area (Å²) in [5.74, 6) is 1.11. The first-order valence-electron chi connectivity index (χ1n) is 11.4. The van der Waals surface area contributed by atoms with Crippen molar-refractivity contribution in [2.75, 3.05) is 6.61 Å². The van der Waals surface area contributed by atoms with E-state index in [1.807, 2.05) is 42.5 Å². The third-order valence-corrected chi connectivity index (χ3v) is 6.74. The standard InChI is InChI=1S/C27H23N3O5S/c1-16-24(29-26(35-16)19-9-7-18(8-10-19)17-5-3-2-4-6-17)22(31)15-34-21-12-11-20(28-14-21)13-23-25(32)30-27(33)36-23/h2-12,14,22-23,31H,13,15H2,1H3,(H,30,32,33). The number of nitrogens with zero attached hydrogens (tertiary/aromatic N) is 2. The van der Waals surface area contributed by atoms with E-state index >= 15 is 0 Å². The number of rotatable bonds is 8. The predicted molar refractivity (Wildman–Crippen MR) is 135 cm³/mol. The number of imide groups is 1. The molecule has 0 saturated carbocycles. The lowest BCUT2D eigenvalue weighted by molar-refractivity contribution is -0.118. The third-order valence-electron chi connectivity index (χ3n) is 5.75. The highest BCUT2D eigenvalue weighted by atomic mass is 32.2. The van der Waals surface area contributed by atoms with Crippen molar-refractivity contribution in [3.63, 3.8) is 0 Å². The molecule has 3 heterocycles. The number of hydrogen-bond donors (Lipinski definition) is 2. The SMILES string of the molecule is Cc1oc(-c2ccc(-c3ccccc3)cc2)nc1C(O)COc1ccc(CC2SC(=O)NC2=O)nc1. The van der Waals surface area contributed by atoms with E-state index in [1.54, 1.807) is 19.1 Å². The summed E-state index contributed by atoms with van der Waals surface area (Å²) in [6, 6.07) is 21.4. The van der Waals surface area contributed by atoms with Crippen LogP contribution in [0.4, 0.5) is 4.79 Å². The molecule has 0 radical (unpaired) electrons. The molecule has 182 valence electrons. The van der Waals surface area contributed by atoms with Crippen molar-refractivity contribution < 1.29 is 23.8 Å². The molecule has 1 fully saturated rings. The number of nitrogens with one attached hydrogen (secondary N) is 1. The van der Waals surface area contributed by atoms with Crippen LogP contribution in [0.2, 0.25) is 0 Å². The zero-order valence-electron chi connectivity index (χ0n) is 19.4. The van der Waals surface area contributed by atoms with E-state index in [-0.39, 0.29) is 17.8 Å². The van der Waals surface area contributed by atoms with Crippen LogP contribution in [0.5, 0.6) is 5.75 Å². The number of aliphatic hydroxyl groups excluding tert-OH is 1. The monoisotopic (exact) mass is 501 g/mol. The summed E-state index contributed by atoms with van der Waals surface area (Å²) < 4.78 is 11.5. The number of aliphatic hydroxyl groups is 1. The second-order valence-electron chi connectivity index (χ2n) is 8.30. The number of ether oxygens (including phenoxy) is 1. The number of pyridine rings is 1. The Morgan fingerprint density at radius 3 is 2.42 bits per heavy atom. The van der Waals surface area contributed by atoms with Gasteiger partial charge in [-0.25, -0.2) is 4.98 Å². The van der Waals surface area contributed by atoms with Crippen LogP contribution in [0.3, 0.4) is 0 Å². The van der Waals surface area contributed by atoms with Crippen LogP contribution in [0.15, 0.2) is 77.3 Å². The minimum atomic E-state index is -0.990. The molecule has 2 atom stereocenters. The van der Waals surface area contributed by atoms with E-state index < -0.39 is 11.4 Å². The van der Waals surface area contributed by atoms with Gasteiger partial charge in [0.2, 0.25) is 11.8 Å². The number of hydrogen-bond acceptors (Lipinski definition) is 8. The maximum absolute atomic E-state index is 11.7. The summed E-state index contributed by atoms with van der Waals surface area (Å²) in [6.45, 7) is 1.72. The topological polar surface area (TPSA) is 115 Å². The van der Waals surface area contributed by atoms with Gasteiger partial charge in [0, 0.05) is 17.7 Å². The van der Waals surface area contributed by atoms with Gasteiger partial charge in [0.1, 0.15) is 29.9 Å². The van der Waals surface area contributed by atoms with Crippen LogP contribution in [-0.4, -0.2) is 38.1 Å². The van der Waals surface area contributed by atoms with Crippen molar-refractivity contribution in [2.45, 2.75) is 24.7 Å². The zero-order chi connectivity index (χ0) is 25.1. The number of carbonyl (C=O) groups is 2. The van der Waals surface area contributed by atoms with Crippen molar-refractivity contribution in [3.05, 3.63) is 90.1 Å². The van der Waals surface area contributed by atoms with Crippen LogP contribution in [0.25, 0.3) is 22.6 Å².